The van der Waals surface area contributed by atoms with Crippen LogP contribution in [-0.4, -0.2) is 30.4 Å². The van der Waals surface area contributed by atoms with Crippen LogP contribution in [0.15, 0.2) is 18.2 Å². The molecule has 3 nitrogen and oxygen atoms in total. The Bertz CT molecular complexity index is 446. The van der Waals surface area contributed by atoms with Gasteiger partial charge < -0.3 is 15.2 Å². The smallest absolute Gasteiger partial charge is 0.0930 e. The zero-order valence-electron chi connectivity index (χ0n) is 11.1. The first kappa shape index (κ1) is 12.2. The summed E-state index contributed by atoms with van der Waals surface area (Å²) in [4.78, 5) is 0. The molecule has 18 heavy (non-hydrogen) atoms. The van der Waals surface area contributed by atoms with Crippen molar-refractivity contribution < 1.29 is 9.84 Å². The molecule has 2 atom stereocenters. The number of rotatable bonds is 1. The van der Waals surface area contributed by atoms with Crippen LogP contribution in [0, 0.1) is 13.8 Å². The van der Waals surface area contributed by atoms with Crippen LogP contribution >= 0.6 is 0 Å². The lowest BCUT2D eigenvalue weighted by atomic mass is 9.76. The van der Waals surface area contributed by atoms with E-state index in [1.165, 1.54) is 11.1 Å². The van der Waals surface area contributed by atoms with Crippen molar-refractivity contribution in [3.05, 3.63) is 34.9 Å². The van der Waals surface area contributed by atoms with Crippen molar-refractivity contribution in [2.75, 3.05) is 13.2 Å². The van der Waals surface area contributed by atoms with Gasteiger partial charge in [0.25, 0.3) is 0 Å². The molecule has 1 aromatic rings. The number of morpholine rings is 1. The quantitative estimate of drug-likeness (QED) is 0.792. The van der Waals surface area contributed by atoms with Crippen LogP contribution in [0.4, 0.5) is 0 Å². The summed E-state index contributed by atoms with van der Waals surface area (Å²) in [5.41, 5.74) is 2.80. The molecular weight excluding hydrogens is 226 g/mol. The van der Waals surface area contributed by atoms with Crippen molar-refractivity contribution in [3.63, 3.8) is 0 Å². The lowest BCUT2D eigenvalue weighted by Crippen LogP contribution is -2.58. The maximum atomic E-state index is 11.1. The van der Waals surface area contributed by atoms with E-state index in [1.807, 2.05) is 0 Å². The van der Waals surface area contributed by atoms with Crippen LogP contribution in [0.5, 0.6) is 0 Å². The highest BCUT2D eigenvalue weighted by molar-refractivity contribution is 5.36. The minimum Gasteiger partial charge on any atom is -0.385 e. The third-order valence-electron chi connectivity index (χ3n) is 4.17. The van der Waals surface area contributed by atoms with Crippen LogP contribution in [0.2, 0.25) is 0 Å². The number of fused-ring (bicyclic) bond motifs is 2. The van der Waals surface area contributed by atoms with Gasteiger partial charge in [0.2, 0.25) is 0 Å². The van der Waals surface area contributed by atoms with Gasteiger partial charge in [0.15, 0.2) is 0 Å². The van der Waals surface area contributed by atoms with Crippen molar-refractivity contribution in [1.82, 2.24) is 5.32 Å². The van der Waals surface area contributed by atoms with Crippen molar-refractivity contribution in [2.24, 2.45) is 0 Å². The number of nitrogens with one attached hydrogen (secondary N) is 1. The molecule has 2 fully saturated rings. The van der Waals surface area contributed by atoms with Gasteiger partial charge in [-0.1, -0.05) is 23.8 Å². The number of aliphatic hydroxyl groups is 1. The van der Waals surface area contributed by atoms with Crippen molar-refractivity contribution in [2.45, 2.75) is 44.4 Å². The predicted octanol–water partition coefficient (Wildman–Crippen LogP) is 1.64. The number of aryl methyl sites for hydroxylation is 2. The normalized spacial score (nSPS) is 35.5. The third kappa shape index (κ3) is 2.07. The molecule has 0 radical (unpaired) electrons. The second-order valence-corrected chi connectivity index (χ2v) is 5.86. The lowest BCUT2D eigenvalue weighted by Gasteiger charge is -2.45. The van der Waals surface area contributed by atoms with Gasteiger partial charge in [0, 0.05) is 12.1 Å². The molecule has 2 N–H and O–H groups in total. The maximum absolute atomic E-state index is 11.1. The van der Waals surface area contributed by atoms with Crippen molar-refractivity contribution in [3.8, 4) is 0 Å². The van der Waals surface area contributed by atoms with E-state index in [0.29, 0.717) is 13.2 Å². The van der Waals surface area contributed by atoms with Crippen LogP contribution < -0.4 is 5.32 Å². The minimum atomic E-state index is -0.694. The molecule has 2 saturated heterocycles. The van der Waals surface area contributed by atoms with Crippen LogP contribution in [-0.2, 0) is 10.3 Å². The number of piperidine rings is 1. The zero-order valence-corrected chi connectivity index (χ0v) is 11.1. The summed E-state index contributed by atoms with van der Waals surface area (Å²) >= 11 is 0. The number of benzene rings is 1. The van der Waals surface area contributed by atoms with Crippen molar-refractivity contribution in [1.29, 1.82) is 0 Å². The fourth-order valence-electron chi connectivity index (χ4n) is 3.37. The fraction of sp³-hybridized carbons (Fsp3) is 0.600. The van der Waals surface area contributed by atoms with Crippen LogP contribution in [0.3, 0.4) is 0 Å². The number of hydrogen-bond acceptors (Lipinski definition) is 3. The van der Waals surface area contributed by atoms with Crippen LogP contribution in [0.25, 0.3) is 0 Å². The molecule has 2 aliphatic heterocycles. The SMILES string of the molecule is Cc1ccc(C)c(C2(O)CC3COCC(C2)N3)c1. The fourth-order valence-corrected chi connectivity index (χ4v) is 3.37. The predicted molar refractivity (Wildman–Crippen MR) is 70.6 cm³/mol. The molecule has 2 aliphatic rings. The van der Waals surface area contributed by atoms with Gasteiger partial charge in [-0.25, -0.2) is 0 Å². The van der Waals surface area contributed by atoms with E-state index in [4.69, 9.17) is 4.74 Å². The molecule has 0 amide bonds. The molecule has 98 valence electrons. The van der Waals surface area contributed by atoms with E-state index < -0.39 is 5.60 Å². The Balaban J connectivity index is 1.96. The third-order valence-corrected chi connectivity index (χ3v) is 4.17. The summed E-state index contributed by atoms with van der Waals surface area (Å²) in [6.45, 7) is 5.59. The Labute approximate surface area is 108 Å². The molecule has 0 aliphatic carbocycles. The maximum Gasteiger partial charge on any atom is 0.0930 e. The molecule has 3 heteroatoms. The topological polar surface area (TPSA) is 41.5 Å². The van der Waals surface area contributed by atoms with Gasteiger partial charge in [0.1, 0.15) is 0 Å². The van der Waals surface area contributed by atoms with Gasteiger partial charge in [-0.15, -0.1) is 0 Å². The number of ether oxygens (including phenoxy) is 1. The Kier molecular flexibility index (Phi) is 2.93. The van der Waals surface area contributed by atoms with Gasteiger partial charge in [0.05, 0.1) is 18.8 Å². The molecule has 0 saturated carbocycles. The first-order valence-corrected chi connectivity index (χ1v) is 6.71. The second kappa shape index (κ2) is 4.34. The highest BCUT2D eigenvalue weighted by Crippen LogP contribution is 2.38. The van der Waals surface area contributed by atoms with E-state index in [2.05, 4.69) is 37.4 Å². The molecule has 2 heterocycles. The van der Waals surface area contributed by atoms with Gasteiger partial charge in [-0.05, 0) is 37.8 Å². The first-order valence-electron chi connectivity index (χ1n) is 6.71. The summed E-state index contributed by atoms with van der Waals surface area (Å²) in [5.74, 6) is 0. The lowest BCUT2D eigenvalue weighted by molar-refractivity contribution is -0.0805. The Morgan fingerprint density at radius 3 is 2.56 bits per heavy atom. The largest absolute Gasteiger partial charge is 0.385 e. The summed E-state index contributed by atoms with van der Waals surface area (Å²) in [7, 11) is 0. The monoisotopic (exact) mass is 247 g/mol. The average Bonchev–Trinajstić information content (AvgIpc) is 2.31. The van der Waals surface area contributed by atoms with Crippen molar-refractivity contribution >= 4 is 0 Å². The second-order valence-electron chi connectivity index (χ2n) is 5.86. The van der Waals surface area contributed by atoms with Gasteiger partial charge in [-0.3, -0.25) is 0 Å². The highest BCUT2D eigenvalue weighted by atomic mass is 16.5. The van der Waals surface area contributed by atoms with Gasteiger partial charge >= 0.3 is 0 Å². The Hall–Kier alpha value is -0.900. The Morgan fingerprint density at radius 1 is 1.22 bits per heavy atom. The van der Waals surface area contributed by atoms with E-state index in [-0.39, 0.29) is 12.1 Å². The molecule has 1 aromatic carbocycles. The highest BCUT2D eigenvalue weighted by Gasteiger charge is 2.42. The molecule has 0 spiro atoms. The summed E-state index contributed by atoms with van der Waals surface area (Å²) in [6, 6.07) is 6.91. The van der Waals surface area contributed by atoms with Gasteiger partial charge in [-0.2, -0.15) is 0 Å². The Morgan fingerprint density at radius 2 is 1.89 bits per heavy atom. The summed E-state index contributed by atoms with van der Waals surface area (Å²) < 4.78 is 5.55. The molecule has 2 bridgehead atoms. The minimum absolute atomic E-state index is 0.280. The van der Waals surface area contributed by atoms with Crippen LogP contribution in [0.1, 0.15) is 29.5 Å². The molecule has 2 unspecified atom stereocenters. The standard InChI is InChI=1S/C15H21NO2/c1-10-3-4-11(2)14(5-10)15(17)6-12-8-18-9-13(7-15)16-12/h3-5,12-13,16-17H,6-9H2,1-2H3. The first-order chi connectivity index (χ1) is 8.57. The summed E-state index contributed by atoms with van der Waals surface area (Å²) in [6.07, 6.45) is 1.49. The molecule has 0 aromatic heterocycles. The van der Waals surface area contributed by atoms with E-state index in [0.717, 1.165) is 18.4 Å². The zero-order chi connectivity index (χ0) is 12.8. The molecular formula is C15H21NO2. The van der Waals surface area contributed by atoms with E-state index in [1.54, 1.807) is 0 Å². The average molecular weight is 247 g/mol. The molecule has 3 rings (SSSR count). The van der Waals surface area contributed by atoms with E-state index >= 15 is 0 Å². The number of hydrogen-bond donors (Lipinski definition) is 2. The van der Waals surface area contributed by atoms with E-state index in [9.17, 15) is 5.11 Å². The summed E-state index contributed by atoms with van der Waals surface area (Å²) in [5, 5.41) is 14.6.